The van der Waals surface area contributed by atoms with Crippen molar-refractivity contribution >= 4 is 5.78 Å². The van der Waals surface area contributed by atoms with Crippen molar-refractivity contribution in [3.8, 4) is 0 Å². The predicted octanol–water partition coefficient (Wildman–Crippen LogP) is 4.50. The molecule has 32 heavy (non-hydrogen) atoms. The molecule has 0 amide bonds. The van der Waals surface area contributed by atoms with E-state index in [1.165, 1.54) is 25.0 Å². The third kappa shape index (κ3) is 79.0. The number of ketones is 1. The Balaban J connectivity index is -0.0000000944. The zero-order chi connectivity index (χ0) is 26.4. The lowest BCUT2D eigenvalue weighted by Crippen LogP contribution is -2.11. The molecule has 0 aliphatic rings. The Kier molecular flexibility index (Phi) is 47.3. The molecular weight excluding hydrogens is 412 g/mol. The van der Waals surface area contributed by atoms with Crippen LogP contribution in [0.4, 0.5) is 0 Å². The van der Waals surface area contributed by atoms with Gasteiger partial charge >= 0.3 is 0 Å². The van der Waals surface area contributed by atoms with E-state index in [0.29, 0.717) is 19.8 Å². The highest BCUT2D eigenvalue weighted by atomic mass is 16.5. The lowest BCUT2D eigenvalue weighted by atomic mass is 10.2. The Bertz CT molecular complexity index is 403. The fourth-order valence-corrected chi connectivity index (χ4v) is 1.11. The SMILES string of the molecule is CC(C)=O.CC(C)O.COC.COCC(C)OC.COCCOC.Cc1ccc(C)cc1. The van der Waals surface area contributed by atoms with Crippen molar-refractivity contribution < 1.29 is 33.6 Å². The molecule has 1 aromatic carbocycles. The van der Waals surface area contributed by atoms with Crippen LogP contribution in [0.1, 0.15) is 45.7 Å². The second-order valence-corrected chi connectivity index (χ2v) is 7.05. The molecule has 1 unspecified atom stereocenters. The number of carbonyl (C=O) groups is 1. The number of aliphatic hydroxyl groups excluding tert-OH is 1. The van der Waals surface area contributed by atoms with Gasteiger partial charge in [0.2, 0.25) is 0 Å². The van der Waals surface area contributed by atoms with Gasteiger partial charge in [-0.15, -0.1) is 0 Å². The summed E-state index contributed by atoms with van der Waals surface area (Å²) >= 11 is 0. The van der Waals surface area contributed by atoms with Gasteiger partial charge in [-0.1, -0.05) is 35.4 Å². The average molecular weight is 465 g/mol. The van der Waals surface area contributed by atoms with Crippen molar-refractivity contribution in [2.75, 3.05) is 62.5 Å². The number of rotatable bonds is 6. The maximum atomic E-state index is 9.44. The summed E-state index contributed by atoms with van der Waals surface area (Å²) < 4.78 is 23.2. The molecule has 0 aromatic heterocycles. The van der Waals surface area contributed by atoms with Crippen molar-refractivity contribution in [2.24, 2.45) is 0 Å². The molecule has 0 aliphatic carbocycles. The first-order valence-electron chi connectivity index (χ1n) is 10.5. The molecule has 1 aromatic rings. The van der Waals surface area contributed by atoms with Crippen LogP contribution in [0.15, 0.2) is 24.3 Å². The zero-order valence-electron chi connectivity index (χ0n) is 23.0. The summed E-state index contributed by atoms with van der Waals surface area (Å²) in [6, 6.07) is 8.48. The summed E-state index contributed by atoms with van der Waals surface area (Å²) in [6.07, 6.45) is 0.0602. The number of hydrogen-bond donors (Lipinski definition) is 1. The molecule has 194 valence electrons. The van der Waals surface area contributed by atoms with Crippen molar-refractivity contribution in [1.29, 1.82) is 0 Å². The van der Waals surface area contributed by atoms with Crippen LogP contribution in [-0.4, -0.2) is 85.6 Å². The van der Waals surface area contributed by atoms with Crippen LogP contribution in [0.2, 0.25) is 0 Å². The van der Waals surface area contributed by atoms with Crippen LogP contribution < -0.4 is 0 Å². The molecule has 0 saturated heterocycles. The summed E-state index contributed by atoms with van der Waals surface area (Å²) in [7, 11) is 9.89. The number of methoxy groups -OCH3 is 5. The molecule has 0 spiro atoms. The predicted molar refractivity (Wildman–Crippen MR) is 135 cm³/mol. The molecule has 0 radical (unpaired) electrons. The number of aryl methyl sites for hydroxylation is 2. The second-order valence-electron chi connectivity index (χ2n) is 7.05. The monoisotopic (exact) mass is 464 g/mol. The maximum absolute atomic E-state index is 9.44. The number of Topliss-reactive ketones (excluding diaryl/α,β-unsaturated/α-hetero) is 1. The van der Waals surface area contributed by atoms with E-state index in [-0.39, 0.29) is 18.0 Å². The largest absolute Gasteiger partial charge is 0.394 e. The molecule has 0 saturated carbocycles. The van der Waals surface area contributed by atoms with Crippen LogP contribution in [0.3, 0.4) is 0 Å². The van der Waals surface area contributed by atoms with Gasteiger partial charge in [0.05, 0.1) is 25.9 Å². The highest BCUT2D eigenvalue weighted by Crippen LogP contribution is 1.99. The molecule has 0 heterocycles. The lowest BCUT2D eigenvalue weighted by molar-refractivity contribution is -0.115. The smallest absolute Gasteiger partial charge is 0.126 e. The van der Waals surface area contributed by atoms with Crippen molar-refractivity contribution in [3.05, 3.63) is 35.4 Å². The molecule has 7 nitrogen and oxygen atoms in total. The van der Waals surface area contributed by atoms with Gasteiger partial charge in [-0.05, 0) is 48.5 Å². The average Bonchev–Trinajstić information content (AvgIpc) is 2.69. The molecule has 1 rings (SSSR count). The van der Waals surface area contributed by atoms with E-state index in [1.54, 1.807) is 56.5 Å². The molecule has 0 fully saturated rings. The van der Waals surface area contributed by atoms with Crippen LogP contribution >= 0.6 is 0 Å². The van der Waals surface area contributed by atoms with Gasteiger partial charge in [0.25, 0.3) is 0 Å². The quantitative estimate of drug-likeness (QED) is 0.621. The highest BCUT2D eigenvalue weighted by molar-refractivity contribution is 5.72. The standard InChI is InChI=1S/C8H10.C5H12O2.C4H10O2.C3H8O.C3H6O.C2H6O/c1-7-3-5-8(2)6-4-7;1-5(7-3)4-6-2;1-5-3-4-6-2;2*1-3(2)4;1-3-2/h3-6H,1-2H3;5H,4H2,1-3H3;3-4H2,1-2H3;3-4H,1-2H3;1-2H3;1-2H3. The number of aliphatic hydroxyl groups is 1. The third-order valence-corrected chi connectivity index (χ3v) is 2.51. The molecule has 0 aliphatic heterocycles. The molecule has 7 heteroatoms. The molecule has 1 atom stereocenters. The first-order valence-corrected chi connectivity index (χ1v) is 10.5. The lowest BCUT2D eigenvalue weighted by Gasteiger charge is -2.05. The van der Waals surface area contributed by atoms with Gasteiger partial charge in [0.15, 0.2) is 0 Å². The van der Waals surface area contributed by atoms with Gasteiger partial charge in [-0.2, -0.15) is 0 Å². The van der Waals surface area contributed by atoms with E-state index < -0.39 is 0 Å². The first-order chi connectivity index (χ1) is 14.9. The van der Waals surface area contributed by atoms with Gasteiger partial charge in [0.1, 0.15) is 5.78 Å². The summed E-state index contributed by atoms with van der Waals surface area (Å²) in [5.41, 5.74) is 2.66. The van der Waals surface area contributed by atoms with Crippen LogP contribution in [0, 0.1) is 13.8 Å². The third-order valence-electron chi connectivity index (χ3n) is 2.51. The summed E-state index contributed by atoms with van der Waals surface area (Å²) in [4.78, 5) is 9.44. The zero-order valence-corrected chi connectivity index (χ0v) is 23.0. The minimum absolute atomic E-state index is 0.167. The molecular formula is C25H52O7. The first kappa shape index (κ1) is 41.0. The summed E-state index contributed by atoms with van der Waals surface area (Å²) in [6.45, 7) is 14.7. The maximum Gasteiger partial charge on any atom is 0.126 e. The topological polar surface area (TPSA) is 83.5 Å². The minimum Gasteiger partial charge on any atom is -0.394 e. The minimum atomic E-state index is -0.167. The fraction of sp³-hybridized carbons (Fsp3) is 0.720. The Labute approximate surface area is 198 Å². The molecule has 0 bridgehead atoms. The number of hydrogen-bond acceptors (Lipinski definition) is 7. The van der Waals surface area contributed by atoms with Crippen LogP contribution in [0.5, 0.6) is 0 Å². The van der Waals surface area contributed by atoms with Gasteiger partial charge in [-0.3, -0.25) is 0 Å². The van der Waals surface area contributed by atoms with Crippen molar-refractivity contribution in [3.63, 3.8) is 0 Å². The van der Waals surface area contributed by atoms with Crippen molar-refractivity contribution in [1.82, 2.24) is 0 Å². The summed E-state index contributed by atoms with van der Waals surface area (Å²) in [5.74, 6) is 0.167. The van der Waals surface area contributed by atoms with E-state index in [1.807, 2.05) is 6.92 Å². The Hall–Kier alpha value is -1.35. The van der Waals surface area contributed by atoms with Gasteiger partial charge in [-0.25, -0.2) is 0 Å². The van der Waals surface area contributed by atoms with Crippen LogP contribution in [-0.2, 0) is 28.5 Å². The van der Waals surface area contributed by atoms with Gasteiger partial charge < -0.3 is 33.6 Å². The number of benzene rings is 1. The van der Waals surface area contributed by atoms with Crippen molar-refractivity contribution in [2.45, 2.75) is 60.7 Å². The van der Waals surface area contributed by atoms with E-state index >= 15 is 0 Å². The van der Waals surface area contributed by atoms with E-state index in [4.69, 9.17) is 14.6 Å². The van der Waals surface area contributed by atoms with E-state index in [2.05, 4.69) is 52.3 Å². The number of carbonyl (C=O) groups excluding carboxylic acids is 1. The summed E-state index contributed by atoms with van der Waals surface area (Å²) in [5, 5.41) is 8.06. The van der Waals surface area contributed by atoms with Crippen LogP contribution in [0.25, 0.3) is 0 Å². The van der Waals surface area contributed by atoms with Gasteiger partial charge in [0, 0.05) is 48.8 Å². The fourth-order valence-electron chi connectivity index (χ4n) is 1.11. The Morgan fingerprint density at radius 1 is 0.781 bits per heavy atom. The molecule has 1 N–H and O–H groups in total. The van der Waals surface area contributed by atoms with E-state index in [0.717, 1.165) is 0 Å². The highest BCUT2D eigenvalue weighted by Gasteiger charge is 1.93. The van der Waals surface area contributed by atoms with E-state index in [9.17, 15) is 4.79 Å². The normalized spacial score (nSPS) is 9.59. The number of ether oxygens (including phenoxy) is 5. The Morgan fingerprint density at radius 2 is 1.03 bits per heavy atom. The second kappa shape index (κ2) is 37.0. The Morgan fingerprint density at radius 3 is 1.16 bits per heavy atom.